The van der Waals surface area contributed by atoms with Gasteiger partial charge in [-0.2, -0.15) is 31.4 Å². The van der Waals surface area contributed by atoms with Gasteiger partial charge < -0.3 is 31.1 Å². The van der Waals surface area contributed by atoms with Crippen molar-refractivity contribution in [2.24, 2.45) is 21.8 Å². The molecule has 0 aliphatic rings. The predicted octanol–water partition coefficient (Wildman–Crippen LogP) is 3.37. The number of carbonyl (C=O) groups is 3. The minimum atomic E-state index is -5.08. The van der Waals surface area contributed by atoms with Crippen molar-refractivity contribution in [3.8, 4) is 0 Å². The number of nitrogens with one attached hydrogen (secondary N) is 1. The Morgan fingerprint density at radius 2 is 1.53 bits per heavy atom. The Balaban J connectivity index is 0.00000104. The van der Waals surface area contributed by atoms with E-state index in [9.17, 15) is 31.1 Å². The number of carboxylic acid groups (broad SMARTS) is 2. The first-order chi connectivity index (χ1) is 20.0. The van der Waals surface area contributed by atoms with E-state index in [1.807, 2.05) is 48.5 Å². The highest BCUT2D eigenvalue weighted by Gasteiger charge is 2.38. The molecule has 0 spiro atoms. The van der Waals surface area contributed by atoms with Crippen molar-refractivity contribution in [2.45, 2.75) is 31.6 Å². The number of ether oxygens (including phenoxy) is 1. The summed E-state index contributed by atoms with van der Waals surface area (Å²) in [6.07, 6.45) is -5.16. The average molecular weight is 625 g/mol. The van der Waals surface area contributed by atoms with Crippen LogP contribution in [-0.2, 0) is 25.5 Å². The number of aliphatic carboxylic acids is 2. The summed E-state index contributed by atoms with van der Waals surface area (Å²) in [6.45, 7) is 1.54. The molecule has 238 valence electrons. The van der Waals surface area contributed by atoms with Gasteiger partial charge in [-0.25, -0.2) is 20.4 Å². The molecule has 12 nitrogen and oxygen atoms in total. The second-order valence-electron chi connectivity index (χ2n) is 7.99. The van der Waals surface area contributed by atoms with Crippen molar-refractivity contribution in [1.29, 1.82) is 0 Å². The Morgan fingerprint density at radius 1 is 0.977 bits per heavy atom. The lowest BCUT2D eigenvalue weighted by Crippen LogP contribution is -2.27. The van der Waals surface area contributed by atoms with Crippen LogP contribution in [0.4, 0.5) is 37.7 Å². The maximum atomic E-state index is 11.5. The second kappa shape index (κ2) is 19.3. The van der Waals surface area contributed by atoms with Gasteiger partial charge in [-0.1, -0.05) is 24.3 Å². The van der Waals surface area contributed by atoms with E-state index in [-0.39, 0.29) is 5.97 Å². The van der Waals surface area contributed by atoms with Crippen LogP contribution in [0.3, 0.4) is 0 Å². The molecule has 43 heavy (non-hydrogen) atoms. The Morgan fingerprint density at radius 3 is 2.00 bits per heavy atom. The summed E-state index contributed by atoms with van der Waals surface area (Å²) in [5.74, 6) is 4.76. The largest absolute Gasteiger partial charge is 0.490 e. The maximum absolute atomic E-state index is 11.5. The van der Waals surface area contributed by atoms with Gasteiger partial charge >= 0.3 is 30.3 Å². The van der Waals surface area contributed by atoms with Crippen LogP contribution in [0.15, 0.2) is 58.6 Å². The van der Waals surface area contributed by atoms with Crippen LogP contribution in [0.2, 0.25) is 0 Å². The van der Waals surface area contributed by atoms with Gasteiger partial charge in [0.05, 0.1) is 19.0 Å². The highest BCUT2D eigenvalue weighted by Crippen LogP contribution is 2.19. The number of anilines is 1. The predicted molar refractivity (Wildman–Crippen MR) is 145 cm³/mol. The molecular formula is C25H30F6N6O6. The van der Waals surface area contributed by atoms with E-state index < -0.39 is 24.3 Å². The number of nitrogens with zero attached hydrogens (tertiary/aromatic N) is 3. The van der Waals surface area contributed by atoms with Gasteiger partial charge in [0.15, 0.2) is 0 Å². The van der Waals surface area contributed by atoms with Gasteiger partial charge in [-0.15, -0.1) is 0 Å². The fourth-order valence-electron chi connectivity index (χ4n) is 2.90. The molecule has 0 aromatic heterocycles. The molecule has 0 aliphatic carbocycles. The molecule has 0 fully saturated rings. The van der Waals surface area contributed by atoms with E-state index in [0.29, 0.717) is 12.8 Å². The van der Waals surface area contributed by atoms with Crippen LogP contribution in [-0.4, -0.2) is 73.2 Å². The molecule has 7 N–H and O–H groups in total. The molecule has 0 aliphatic heterocycles. The Hall–Kier alpha value is -4.87. The molecular weight excluding hydrogens is 594 g/mol. The smallest absolute Gasteiger partial charge is 0.475 e. The van der Waals surface area contributed by atoms with E-state index in [1.54, 1.807) is 6.21 Å². The molecule has 2 aromatic rings. The summed E-state index contributed by atoms with van der Waals surface area (Å²) in [5, 5.41) is 17.8. The van der Waals surface area contributed by atoms with Crippen LogP contribution in [0.25, 0.3) is 0 Å². The van der Waals surface area contributed by atoms with E-state index in [1.165, 1.54) is 19.0 Å². The number of hydrazine groups is 1. The third kappa shape index (κ3) is 17.5. The summed E-state index contributed by atoms with van der Waals surface area (Å²) in [4.78, 5) is 35.7. The number of esters is 1. The zero-order valence-corrected chi connectivity index (χ0v) is 22.6. The topological polar surface area (TPSA) is 193 Å². The summed E-state index contributed by atoms with van der Waals surface area (Å²) in [5.41, 5.74) is 6.40. The molecule has 2 rings (SSSR count). The van der Waals surface area contributed by atoms with Crippen LogP contribution < -0.4 is 22.0 Å². The number of aliphatic imine (C=N–C) groups is 1. The molecule has 2 aromatic carbocycles. The third-order valence-electron chi connectivity index (χ3n) is 4.88. The highest BCUT2D eigenvalue weighted by atomic mass is 19.4. The average Bonchev–Trinajstić information content (AvgIpc) is 2.94. The van der Waals surface area contributed by atoms with Gasteiger partial charge in [0.2, 0.25) is 0 Å². The van der Waals surface area contributed by atoms with Crippen molar-refractivity contribution >= 4 is 41.8 Å². The van der Waals surface area contributed by atoms with E-state index in [4.69, 9.17) is 36.2 Å². The highest BCUT2D eigenvalue weighted by molar-refractivity contribution is 5.81. The lowest BCUT2D eigenvalue weighted by atomic mass is 10.1. The molecule has 0 amide bonds. The molecule has 0 heterocycles. The number of carbonyl (C=O) groups excluding carboxylic acids is 1. The zero-order chi connectivity index (χ0) is 33.1. The summed E-state index contributed by atoms with van der Waals surface area (Å²) in [6, 6.07) is 16.0. The first kappa shape index (κ1) is 38.1. The molecule has 0 saturated carbocycles. The van der Waals surface area contributed by atoms with Crippen LogP contribution in [0.1, 0.15) is 24.0 Å². The van der Waals surface area contributed by atoms with Crippen LogP contribution >= 0.6 is 0 Å². The molecule has 0 radical (unpaired) electrons. The van der Waals surface area contributed by atoms with E-state index in [0.717, 1.165) is 36.4 Å². The molecule has 0 unspecified atom stereocenters. The first-order valence-electron chi connectivity index (χ1n) is 11.9. The number of methoxy groups -OCH3 is 1. The number of hydrogen-bond donors (Lipinski definition) is 5. The molecule has 18 heteroatoms. The molecule has 0 bridgehead atoms. The van der Waals surface area contributed by atoms with Crippen molar-refractivity contribution in [1.82, 2.24) is 5.43 Å². The fourth-order valence-corrected chi connectivity index (χ4v) is 2.90. The summed E-state index contributed by atoms with van der Waals surface area (Å²) in [7, 11) is 1.41. The minimum Gasteiger partial charge on any atom is -0.475 e. The monoisotopic (exact) mass is 624 g/mol. The number of hydrogen-bond acceptors (Lipinski definition) is 9. The molecule has 0 saturated heterocycles. The number of hydrazone groups is 1. The lowest BCUT2D eigenvalue weighted by molar-refractivity contribution is -0.193. The molecule has 0 atom stereocenters. The van der Waals surface area contributed by atoms with Gasteiger partial charge in [0.25, 0.3) is 0 Å². The van der Waals surface area contributed by atoms with Gasteiger partial charge in [0, 0.05) is 25.2 Å². The zero-order valence-electron chi connectivity index (χ0n) is 22.6. The van der Waals surface area contributed by atoms with Crippen molar-refractivity contribution in [2.75, 3.05) is 25.1 Å². The SMILES string of the molecule is COC(=O)CCCN(CCc1ccc(N=CNN)cc1)c1cccc(C=NN)c1.O=C(O)C(F)(F)F.O=C(O)C(F)(F)F. The second-order valence-corrected chi connectivity index (χ2v) is 7.99. The standard InChI is InChI=1S/C21H28N6O2.2C2HF3O2/c1-29-21(28)6-3-12-27(20-5-2-4-18(14-20)15-25-22)13-11-17-7-9-19(10-8-17)24-16-26-23;2*3-2(4,5)1(6)7/h2,4-5,7-10,14-16H,3,6,11-13,22-23H2,1H3,(H,24,26);2*(H,6,7). The number of rotatable bonds is 11. The fraction of sp³-hybridized carbons (Fsp3) is 0.320. The first-order valence-corrected chi connectivity index (χ1v) is 11.9. The Bertz CT molecular complexity index is 1180. The van der Waals surface area contributed by atoms with Crippen molar-refractivity contribution in [3.63, 3.8) is 0 Å². The summed E-state index contributed by atoms with van der Waals surface area (Å²) < 4.78 is 68.2. The number of nitrogens with two attached hydrogens (primary N) is 2. The van der Waals surface area contributed by atoms with Gasteiger partial charge in [-0.3, -0.25) is 4.79 Å². The number of benzene rings is 2. The third-order valence-corrected chi connectivity index (χ3v) is 4.88. The van der Waals surface area contributed by atoms with Crippen molar-refractivity contribution in [3.05, 3.63) is 59.7 Å². The van der Waals surface area contributed by atoms with Gasteiger partial charge in [-0.05, 0) is 48.2 Å². The quantitative estimate of drug-likeness (QED) is 0.0618. The van der Waals surface area contributed by atoms with Crippen LogP contribution in [0, 0.1) is 0 Å². The maximum Gasteiger partial charge on any atom is 0.490 e. The normalized spacial score (nSPS) is 11.2. The number of halogens is 6. The van der Waals surface area contributed by atoms with Crippen LogP contribution in [0.5, 0.6) is 0 Å². The Kier molecular flexibility index (Phi) is 17.1. The minimum absolute atomic E-state index is 0.197. The van der Waals surface area contributed by atoms with E-state index >= 15 is 0 Å². The summed E-state index contributed by atoms with van der Waals surface area (Å²) >= 11 is 0. The lowest BCUT2D eigenvalue weighted by Gasteiger charge is -2.25. The van der Waals surface area contributed by atoms with Gasteiger partial charge in [0.1, 0.15) is 6.34 Å². The Labute approximate surface area is 241 Å². The number of carboxylic acids is 2. The number of alkyl halides is 6. The van der Waals surface area contributed by atoms with Crippen molar-refractivity contribution < 1.29 is 55.7 Å². The van der Waals surface area contributed by atoms with E-state index in [2.05, 4.69) is 20.4 Å².